The van der Waals surface area contributed by atoms with Gasteiger partial charge < -0.3 is 10.1 Å². The lowest BCUT2D eigenvalue weighted by molar-refractivity contribution is 0.414. The second-order valence-corrected chi connectivity index (χ2v) is 7.49. The van der Waals surface area contributed by atoms with E-state index in [1.807, 2.05) is 55.5 Å². The standard InChI is InChI=1S/C27H25N5O/c1-5-24(20-9-8-11-23(14-20)33-4)25-19(3)31-26(21-13-18(2)15-28-16-21)32-27(25)30-17-22-10-6-7-12-29-22/h5-16H,1,3,17H2,2,4H3,(H,30,31,32)/b25-24-. The average Bonchev–Trinajstić information content (AvgIpc) is 2.85. The minimum atomic E-state index is 0.498. The van der Waals surface area contributed by atoms with E-state index in [1.165, 1.54) is 0 Å². The summed E-state index contributed by atoms with van der Waals surface area (Å²) in [5.74, 6) is 1.95. The topological polar surface area (TPSA) is 72.8 Å². The van der Waals surface area contributed by atoms with Crippen LogP contribution in [-0.4, -0.2) is 27.0 Å². The Morgan fingerprint density at radius 3 is 2.70 bits per heavy atom. The predicted molar refractivity (Wildman–Crippen MR) is 132 cm³/mol. The molecule has 1 aromatic carbocycles. The SMILES string of the molecule is C=C/C(c1cccc(OC)c1)=c1/c(NCc2ccccn2)nc(-c2cncc(C)c2)nc1=C. The van der Waals surface area contributed by atoms with Crippen molar-refractivity contribution in [3.8, 4) is 17.1 Å². The number of hydrogen-bond acceptors (Lipinski definition) is 6. The lowest BCUT2D eigenvalue weighted by Gasteiger charge is -2.12. The van der Waals surface area contributed by atoms with Gasteiger partial charge in [-0.2, -0.15) is 0 Å². The van der Waals surface area contributed by atoms with E-state index < -0.39 is 0 Å². The molecule has 1 N–H and O–H groups in total. The van der Waals surface area contributed by atoms with Crippen LogP contribution in [0.2, 0.25) is 0 Å². The van der Waals surface area contributed by atoms with E-state index in [9.17, 15) is 0 Å². The molecule has 4 rings (SSSR count). The monoisotopic (exact) mass is 435 g/mol. The summed E-state index contributed by atoms with van der Waals surface area (Å²) >= 11 is 0. The summed E-state index contributed by atoms with van der Waals surface area (Å²) in [5.41, 5.74) is 4.55. The Morgan fingerprint density at radius 2 is 1.97 bits per heavy atom. The summed E-state index contributed by atoms with van der Waals surface area (Å²) < 4.78 is 5.41. The van der Waals surface area contributed by atoms with Crippen molar-refractivity contribution >= 4 is 18.0 Å². The number of anilines is 1. The molecule has 0 atom stereocenters. The van der Waals surface area contributed by atoms with Crippen molar-refractivity contribution in [1.29, 1.82) is 0 Å². The van der Waals surface area contributed by atoms with Crippen LogP contribution in [0.3, 0.4) is 0 Å². The number of nitrogens with one attached hydrogen (secondary N) is 1. The molecule has 3 heterocycles. The summed E-state index contributed by atoms with van der Waals surface area (Å²) in [7, 11) is 1.65. The van der Waals surface area contributed by atoms with Crippen LogP contribution in [0.4, 0.5) is 5.82 Å². The van der Waals surface area contributed by atoms with E-state index in [4.69, 9.17) is 14.7 Å². The minimum absolute atomic E-state index is 0.498. The molecule has 33 heavy (non-hydrogen) atoms. The van der Waals surface area contributed by atoms with Gasteiger partial charge in [0, 0.05) is 29.4 Å². The molecular weight excluding hydrogens is 410 g/mol. The van der Waals surface area contributed by atoms with Crippen LogP contribution in [0.5, 0.6) is 5.75 Å². The molecule has 164 valence electrons. The molecule has 0 spiro atoms. The van der Waals surface area contributed by atoms with Gasteiger partial charge in [0.15, 0.2) is 5.82 Å². The summed E-state index contributed by atoms with van der Waals surface area (Å²) in [4.78, 5) is 18.3. The number of hydrogen-bond donors (Lipinski definition) is 1. The number of methoxy groups -OCH3 is 1. The fourth-order valence-electron chi connectivity index (χ4n) is 3.56. The molecule has 4 aromatic rings. The van der Waals surface area contributed by atoms with Crippen LogP contribution in [0.15, 0.2) is 79.8 Å². The zero-order valence-electron chi connectivity index (χ0n) is 18.7. The summed E-state index contributed by atoms with van der Waals surface area (Å²) in [6.07, 6.45) is 7.12. The number of aryl methyl sites for hydroxylation is 1. The van der Waals surface area contributed by atoms with E-state index in [-0.39, 0.29) is 0 Å². The van der Waals surface area contributed by atoms with Crippen molar-refractivity contribution in [2.75, 3.05) is 12.4 Å². The molecule has 0 bridgehead atoms. The molecule has 3 aromatic heterocycles. The molecule has 0 fully saturated rings. The average molecular weight is 436 g/mol. The van der Waals surface area contributed by atoms with E-state index in [1.54, 1.807) is 31.8 Å². The van der Waals surface area contributed by atoms with Gasteiger partial charge in [0.25, 0.3) is 0 Å². The van der Waals surface area contributed by atoms with Crippen LogP contribution in [-0.2, 0) is 6.54 Å². The second-order valence-electron chi connectivity index (χ2n) is 7.49. The molecule has 6 nitrogen and oxygen atoms in total. The molecule has 0 aliphatic rings. The van der Waals surface area contributed by atoms with E-state index in [0.717, 1.165) is 38.9 Å². The van der Waals surface area contributed by atoms with Gasteiger partial charge in [-0.25, -0.2) is 9.97 Å². The maximum absolute atomic E-state index is 5.41. The number of benzene rings is 1. The maximum Gasteiger partial charge on any atom is 0.163 e. The summed E-state index contributed by atoms with van der Waals surface area (Å²) in [6.45, 7) is 10.8. The maximum atomic E-state index is 5.41. The zero-order valence-corrected chi connectivity index (χ0v) is 18.7. The third kappa shape index (κ3) is 4.96. The molecule has 0 aliphatic heterocycles. The molecule has 0 saturated heterocycles. The Balaban J connectivity index is 1.93. The highest BCUT2D eigenvalue weighted by molar-refractivity contribution is 5.76. The van der Waals surface area contributed by atoms with Gasteiger partial charge >= 0.3 is 0 Å². The Bertz CT molecular complexity index is 1400. The first-order valence-electron chi connectivity index (χ1n) is 10.5. The predicted octanol–water partition coefficient (Wildman–Crippen LogP) is 3.66. The quantitative estimate of drug-likeness (QED) is 0.478. The Hall–Kier alpha value is -4.32. The number of pyridine rings is 2. The van der Waals surface area contributed by atoms with Gasteiger partial charge in [0.05, 0.1) is 24.7 Å². The van der Waals surface area contributed by atoms with Crippen molar-refractivity contribution in [3.63, 3.8) is 0 Å². The van der Waals surface area contributed by atoms with Gasteiger partial charge in [0.2, 0.25) is 0 Å². The van der Waals surface area contributed by atoms with Crippen LogP contribution in [0.25, 0.3) is 23.5 Å². The first-order valence-corrected chi connectivity index (χ1v) is 10.5. The number of rotatable bonds is 7. The fourth-order valence-corrected chi connectivity index (χ4v) is 3.56. The summed E-state index contributed by atoms with van der Waals surface area (Å²) in [5, 5.41) is 4.80. The van der Waals surface area contributed by atoms with Gasteiger partial charge in [-0.15, -0.1) is 0 Å². The highest BCUT2D eigenvalue weighted by Gasteiger charge is 2.12. The highest BCUT2D eigenvalue weighted by atomic mass is 16.5. The van der Waals surface area contributed by atoms with E-state index in [2.05, 4.69) is 28.4 Å². The molecule has 0 unspecified atom stereocenters. The molecule has 0 radical (unpaired) electrons. The number of aromatic nitrogens is 4. The Morgan fingerprint density at radius 1 is 1.09 bits per heavy atom. The van der Waals surface area contributed by atoms with Crippen molar-refractivity contribution in [2.45, 2.75) is 13.5 Å². The van der Waals surface area contributed by atoms with Gasteiger partial charge in [-0.05, 0) is 54.0 Å². The third-order valence-electron chi connectivity index (χ3n) is 5.13. The van der Waals surface area contributed by atoms with Gasteiger partial charge in [0.1, 0.15) is 11.6 Å². The zero-order chi connectivity index (χ0) is 23.2. The number of ether oxygens (including phenoxy) is 1. The van der Waals surface area contributed by atoms with E-state index in [0.29, 0.717) is 23.5 Å². The first kappa shape index (κ1) is 21.9. The van der Waals surface area contributed by atoms with Crippen LogP contribution >= 0.6 is 0 Å². The molecule has 6 heteroatoms. The molecule has 0 aliphatic carbocycles. The fraction of sp³-hybridized carbons (Fsp3) is 0.111. The minimum Gasteiger partial charge on any atom is -0.497 e. The number of allylic oxidation sites excluding steroid dienone is 1. The molecule has 0 saturated carbocycles. The van der Waals surface area contributed by atoms with Crippen molar-refractivity contribution in [2.24, 2.45) is 0 Å². The van der Waals surface area contributed by atoms with Crippen molar-refractivity contribution in [1.82, 2.24) is 19.9 Å². The van der Waals surface area contributed by atoms with Crippen LogP contribution in [0, 0.1) is 6.92 Å². The van der Waals surface area contributed by atoms with Gasteiger partial charge in [-0.3, -0.25) is 9.97 Å². The number of nitrogens with zero attached hydrogens (tertiary/aromatic N) is 4. The lowest BCUT2D eigenvalue weighted by Crippen LogP contribution is -2.34. The second kappa shape index (κ2) is 9.87. The molecular formula is C27H25N5O. The lowest BCUT2D eigenvalue weighted by atomic mass is 10.0. The smallest absolute Gasteiger partial charge is 0.163 e. The van der Waals surface area contributed by atoms with Crippen LogP contribution in [0.1, 0.15) is 16.8 Å². The Labute approximate surface area is 193 Å². The highest BCUT2D eigenvalue weighted by Crippen LogP contribution is 2.20. The first-order chi connectivity index (χ1) is 16.1. The Kier molecular flexibility index (Phi) is 6.55. The van der Waals surface area contributed by atoms with E-state index >= 15 is 0 Å². The summed E-state index contributed by atoms with van der Waals surface area (Å²) in [6, 6.07) is 15.6. The van der Waals surface area contributed by atoms with Gasteiger partial charge in [-0.1, -0.05) is 37.4 Å². The normalized spacial score (nSPS) is 11.6. The van der Waals surface area contributed by atoms with Crippen molar-refractivity contribution < 1.29 is 4.74 Å². The van der Waals surface area contributed by atoms with Crippen molar-refractivity contribution in [3.05, 3.63) is 107 Å². The van der Waals surface area contributed by atoms with Crippen LogP contribution < -0.4 is 20.6 Å². The largest absolute Gasteiger partial charge is 0.497 e. The third-order valence-corrected chi connectivity index (χ3v) is 5.13. The molecule has 0 amide bonds.